The van der Waals surface area contributed by atoms with E-state index in [1.165, 1.54) is 0 Å². The first-order chi connectivity index (χ1) is 14.4. The molecule has 0 radical (unpaired) electrons. The van der Waals surface area contributed by atoms with Crippen LogP contribution in [0.4, 0.5) is 5.69 Å². The molecule has 0 bridgehead atoms. The van der Waals surface area contributed by atoms with Gasteiger partial charge in [0.15, 0.2) is 0 Å². The van der Waals surface area contributed by atoms with Crippen molar-refractivity contribution in [3.8, 4) is 11.5 Å². The quantitative estimate of drug-likeness (QED) is 0.417. The monoisotopic (exact) mass is 463 g/mol. The Morgan fingerprint density at radius 1 is 0.967 bits per heavy atom. The van der Waals surface area contributed by atoms with E-state index in [1.807, 2.05) is 36.4 Å². The predicted octanol–water partition coefficient (Wildman–Crippen LogP) is 7.15. The van der Waals surface area contributed by atoms with Crippen molar-refractivity contribution < 1.29 is 9.53 Å². The van der Waals surface area contributed by atoms with Gasteiger partial charge >= 0.3 is 0 Å². The van der Waals surface area contributed by atoms with Gasteiger partial charge in [-0.3, -0.25) is 4.79 Å². The highest BCUT2D eigenvalue weighted by atomic mass is 79.9. The summed E-state index contributed by atoms with van der Waals surface area (Å²) in [4.78, 5) is 13.2. The lowest BCUT2D eigenvalue weighted by Gasteiger charge is -2.28. The number of rotatable bonds is 4. The average molecular weight is 464 g/mol. The van der Waals surface area contributed by atoms with E-state index in [2.05, 4.69) is 72.3 Å². The molecule has 1 heterocycles. The van der Waals surface area contributed by atoms with Crippen molar-refractivity contribution in [2.24, 2.45) is 0 Å². The van der Waals surface area contributed by atoms with Crippen molar-refractivity contribution >= 4 is 27.5 Å². The van der Waals surface area contributed by atoms with E-state index in [1.54, 1.807) is 0 Å². The van der Waals surface area contributed by atoms with E-state index in [-0.39, 0.29) is 17.2 Å². The Balaban J connectivity index is 1.65. The second kappa shape index (κ2) is 8.27. The largest absolute Gasteiger partial charge is 0.457 e. The van der Waals surface area contributed by atoms with Gasteiger partial charge in [0.05, 0.1) is 0 Å². The predicted molar refractivity (Wildman–Crippen MR) is 126 cm³/mol. The number of anilines is 1. The standard InChI is InChI=1S/C26H26BrNO2/c1-26(2,3)21-13-12-17(16-27)14-22(21)28-25(29)15-20-18-8-4-6-10-23(18)30-24-11-7-5-9-19(20)24/h4-14,20H,15-16H2,1-3H3,(H,28,29). The van der Waals surface area contributed by atoms with Crippen molar-refractivity contribution in [2.45, 2.75) is 43.9 Å². The molecule has 0 atom stereocenters. The summed E-state index contributed by atoms with van der Waals surface area (Å²) >= 11 is 3.52. The van der Waals surface area contributed by atoms with Gasteiger partial charge in [-0.1, -0.05) is 85.2 Å². The maximum absolute atomic E-state index is 13.2. The van der Waals surface area contributed by atoms with E-state index < -0.39 is 0 Å². The highest BCUT2D eigenvalue weighted by molar-refractivity contribution is 9.08. The molecule has 3 aromatic carbocycles. The summed E-state index contributed by atoms with van der Waals surface area (Å²) in [5, 5.41) is 3.95. The first-order valence-corrected chi connectivity index (χ1v) is 11.3. The molecule has 30 heavy (non-hydrogen) atoms. The minimum Gasteiger partial charge on any atom is -0.457 e. The summed E-state index contributed by atoms with van der Waals surface area (Å²) in [6, 6.07) is 22.2. The van der Waals surface area contributed by atoms with Gasteiger partial charge < -0.3 is 10.1 Å². The molecule has 1 aliphatic heterocycles. The first kappa shape index (κ1) is 20.7. The molecule has 1 aliphatic rings. The van der Waals surface area contributed by atoms with Gasteiger partial charge in [-0.2, -0.15) is 0 Å². The summed E-state index contributed by atoms with van der Waals surface area (Å²) in [6.07, 6.45) is 0.361. The molecule has 0 spiro atoms. The second-order valence-electron chi connectivity index (χ2n) is 8.75. The number of alkyl halides is 1. The summed E-state index contributed by atoms with van der Waals surface area (Å²) in [6.45, 7) is 6.49. The summed E-state index contributed by atoms with van der Waals surface area (Å²) in [5.41, 5.74) is 5.20. The van der Waals surface area contributed by atoms with Crippen molar-refractivity contribution in [1.29, 1.82) is 0 Å². The number of para-hydroxylation sites is 2. The maximum Gasteiger partial charge on any atom is 0.225 e. The number of halogens is 1. The minimum atomic E-state index is -0.0642. The van der Waals surface area contributed by atoms with Gasteiger partial charge in [0.2, 0.25) is 5.91 Å². The number of fused-ring (bicyclic) bond motifs is 2. The van der Waals surface area contributed by atoms with Crippen molar-refractivity contribution in [3.05, 3.63) is 89.0 Å². The SMILES string of the molecule is CC(C)(C)c1ccc(CBr)cc1NC(=O)CC1c2ccccc2Oc2ccccc21. The Hall–Kier alpha value is -2.59. The maximum atomic E-state index is 13.2. The molecule has 0 unspecified atom stereocenters. The fourth-order valence-electron chi connectivity index (χ4n) is 4.05. The molecule has 154 valence electrons. The van der Waals surface area contributed by atoms with Gasteiger partial charge in [0, 0.05) is 34.5 Å². The van der Waals surface area contributed by atoms with Crippen LogP contribution in [0, 0.1) is 0 Å². The molecule has 0 fully saturated rings. The third kappa shape index (κ3) is 4.15. The average Bonchev–Trinajstić information content (AvgIpc) is 2.72. The van der Waals surface area contributed by atoms with E-state index >= 15 is 0 Å². The Morgan fingerprint density at radius 2 is 1.57 bits per heavy atom. The van der Waals surface area contributed by atoms with Crippen LogP contribution in [0.25, 0.3) is 0 Å². The number of nitrogens with one attached hydrogen (secondary N) is 1. The first-order valence-electron chi connectivity index (χ1n) is 10.2. The van der Waals surface area contributed by atoms with E-state index in [9.17, 15) is 4.79 Å². The van der Waals surface area contributed by atoms with Crippen LogP contribution >= 0.6 is 15.9 Å². The lowest BCUT2D eigenvalue weighted by molar-refractivity contribution is -0.116. The zero-order valence-corrected chi connectivity index (χ0v) is 19.1. The second-order valence-corrected chi connectivity index (χ2v) is 9.31. The minimum absolute atomic E-state index is 0.00345. The fourth-order valence-corrected chi connectivity index (χ4v) is 4.40. The summed E-state index contributed by atoms with van der Waals surface area (Å²) in [5.74, 6) is 1.61. The number of carbonyl (C=O) groups excluding carboxylic acids is 1. The molecular weight excluding hydrogens is 438 g/mol. The van der Waals surface area contributed by atoms with Gasteiger partial charge in [-0.25, -0.2) is 0 Å². The topological polar surface area (TPSA) is 38.3 Å². The van der Waals surface area contributed by atoms with Crippen LogP contribution in [0.1, 0.15) is 55.4 Å². The number of benzene rings is 3. The normalized spacial score (nSPS) is 13.2. The van der Waals surface area contributed by atoms with Gasteiger partial charge in [0.1, 0.15) is 11.5 Å². The van der Waals surface area contributed by atoms with E-state index in [0.29, 0.717) is 6.42 Å². The Labute approximate surface area is 186 Å². The fraction of sp³-hybridized carbons (Fsp3) is 0.269. The molecule has 1 N–H and O–H groups in total. The number of hydrogen-bond donors (Lipinski definition) is 1. The molecule has 0 aliphatic carbocycles. The molecule has 0 aromatic heterocycles. The molecule has 0 saturated heterocycles. The molecule has 3 aromatic rings. The number of hydrogen-bond acceptors (Lipinski definition) is 2. The van der Waals surface area contributed by atoms with Crippen LogP contribution in [-0.2, 0) is 15.5 Å². The van der Waals surface area contributed by atoms with Gasteiger partial charge in [-0.05, 0) is 34.7 Å². The summed E-state index contributed by atoms with van der Waals surface area (Å²) in [7, 11) is 0. The lowest BCUT2D eigenvalue weighted by Crippen LogP contribution is -2.22. The van der Waals surface area contributed by atoms with Crippen LogP contribution < -0.4 is 10.1 Å². The van der Waals surface area contributed by atoms with Crippen LogP contribution in [0.15, 0.2) is 66.7 Å². The van der Waals surface area contributed by atoms with Crippen LogP contribution in [0.3, 0.4) is 0 Å². The van der Waals surface area contributed by atoms with Crippen LogP contribution in [-0.4, -0.2) is 5.91 Å². The molecule has 3 nitrogen and oxygen atoms in total. The Morgan fingerprint density at radius 3 is 2.13 bits per heavy atom. The van der Waals surface area contributed by atoms with Crippen molar-refractivity contribution in [3.63, 3.8) is 0 Å². The van der Waals surface area contributed by atoms with Gasteiger partial charge in [0.25, 0.3) is 0 Å². The van der Waals surface area contributed by atoms with E-state index in [0.717, 1.165) is 44.8 Å². The molecular formula is C26H26BrNO2. The molecule has 1 amide bonds. The number of ether oxygens (including phenoxy) is 1. The number of amides is 1. The van der Waals surface area contributed by atoms with Crippen molar-refractivity contribution in [1.82, 2.24) is 0 Å². The Kier molecular flexibility index (Phi) is 5.70. The van der Waals surface area contributed by atoms with Crippen LogP contribution in [0.2, 0.25) is 0 Å². The molecule has 4 heteroatoms. The zero-order valence-electron chi connectivity index (χ0n) is 17.5. The molecule has 0 saturated carbocycles. The van der Waals surface area contributed by atoms with E-state index in [4.69, 9.17) is 4.74 Å². The summed E-state index contributed by atoms with van der Waals surface area (Å²) < 4.78 is 6.06. The zero-order chi connectivity index (χ0) is 21.3. The Bertz CT molecular complexity index is 1040. The smallest absolute Gasteiger partial charge is 0.225 e. The van der Waals surface area contributed by atoms with Crippen LogP contribution in [0.5, 0.6) is 11.5 Å². The highest BCUT2D eigenvalue weighted by Gasteiger charge is 2.29. The lowest BCUT2D eigenvalue weighted by atomic mass is 9.84. The van der Waals surface area contributed by atoms with Gasteiger partial charge in [-0.15, -0.1) is 0 Å². The third-order valence-electron chi connectivity index (χ3n) is 5.52. The van der Waals surface area contributed by atoms with Crippen molar-refractivity contribution in [2.75, 3.05) is 5.32 Å². The third-order valence-corrected chi connectivity index (χ3v) is 6.17. The number of carbonyl (C=O) groups is 1. The molecule has 4 rings (SSSR count). The highest BCUT2D eigenvalue weighted by Crippen LogP contribution is 2.45.